The maximum atomic E-state index is 13.8. The van der Waals surface area contributed by atoms with E-state index in [-0.39, 0.29) is 6.07 Å². The highest BCUT2D eigenvalue weighted by molar-refractivity contribution is 6.03. The molecular formula is C28H24F6N4O. The van der Waals surface area contributed by atoms with Crippen LogP contribution >= 0.6 is 0 Å². The number of benzene rings is 2. The third-order valence-electron chi connectivity index (χ3n) is 6.57. The molecule has 1 amide bonds. The van der Waals surface area contributed by atoms with Crippen LogP contribution in [0.25, 0.3) is 22.6 Å². The predicted octanol–water partition coefficient (Wildman–Crippen LogP) is 7.43. The average Bonchev–Trinajstić information content (AvgIpc) is 3.41. The molecule has 5 nitrogen and oxygen atoms in total. The van der Waals surface area contributed by atoms with Gasteiger partial charge in [-0.1, -0.05) is 24.3 Å². The number of carbonyl (C=O) groups excluding carboxylic acids is 1. The summed E-state index contributed by atoms with van der Waals surface area (Å²) >= 11 is 0. The van der Waals surface area contributed by atoms with Crippen molar-refractivity contribution in [3.63, 3.8) is 0 Å². The molecule has 4 rings (SSSR count). The van der Waals surface area contributed by atoms with Crippen molar-refractivity contribution in [2.24, 2.45) is 0 Å². The molecule has 2 heterocycles. The molecule has 2 aromatic heterocycles. The number of aromatic nitrogens is 3. The molecule has 0 atom stereocenters. The number of halogens is 6. The zero-order chi connectivity index (χ0) is 28.8. The van der Waals surface area contributed by atoms with Gasteiger partial charge in [0.1, 0.15) is 5.69 Å². The summed E-state index contributed by atoms with van der Waals surface area (Å²) in [6.07, 6.45) is -5.46. The second kappa shape index (κ2) is 9.87. The van der Waals surface area contributed by atoms with Crippen molar-refractivity contribution in [2.45, 2.75) is 38.5 Å². The van der Waals surface area contributed by atoms with E-state index in [1.807, 2.05) is 31.2 Å². The Bertz CT molecular complexity index is 1480. The highest BCUT2D eigenvalue weighted by Gasteiger charge is 2.41. The maximum absolute atomic E-state index is 13.8. The zero-order valence-corrected chi connectivity index (χ0v) is 21.4. The SMILES string of the molecule is Cc1ccccc1-c1cc(-c2ncc[nH]2)ncc1N(C)C(=O)C(C)(C)c1cc(C(F)(F)F)cc(C(F)(F)F)c1. The number of amides is 1. The topological polar surface area (TPSA) is 61.9 Å². The maximum Gasteiger partial charge on any atom is 0.416 e. The van der Waals surface area contributed by atoms with Gasteiger partial charge < -0.3 is 9.88 Å². The van der Waals surface area contributed by atoms with Crippen LogP contribution in [0.5, 0.6) is 0 Å². The fraction of sp³-hybridized carbons (Fsp3) is 0.250. The zero-order valence-electron chi connectivity index (χ0n) is 21.4. The van der Waals surface area contributed by atoms with Crippen LogP contribution in [0, 0.1) is 6.92 Å². The molecule has 0 aliphatic rings. The number of anilines is 1. The monoisotopic (exact) mass is 546 g/mol. The van der Waals surface area contributed by atoms with E-state index in [1.165, 1.54) is 32.0 Å². The number of pyridine rings is 1. The number of hydrogen-bond acceptors (Lipinski definition) is 3. The van der Waals surface area contributed by atoms with Crippen molar-refractivity contribution >= 4 is 11.6 Å². The third-order valence-corrected chi connectivity index (χ3v) is 6.57. The molecular weight excluding hydrogens is 522 g/mol. The van der Waals surface area contributed by atoms with Crippen molar-refractivity contribution in [1.82, 2.24) is 15.0 Å². The van der Waals surface area contributed by atoms with E-state index in [0.717, 1.165) is 11.1 Å². The lowest BCUT2D eigenvalue weighted by molar-refractivity contribution is -0.143. The van der Waals surface area contributed by atoms with Crippen molar-refractivity contribution < 1.29 is 31.1 Å². The third kappa shape index (κ3) is 5.52. The Morgan fingerprint density at radius 3 is 1.97 bits per heavy atom. The molecule has 11 heteroatoms. The molecule has 39 heavy (non-hydrogen) atoms. The Labute approximate surface area is 220 Å². The van der Waals surface area contributed by atoms with Gasteiger partial charge in [-0.25, -0.2) is 4.98 Å². The van der Waals surface area contributed by atoms with Crippen molar-refractivity contribution in [1.29, 1.82) is 0 Å². The van der Waals surface area contributed by atoms with Gasteiger partial charge in [0.05, 0.1) is 28.4 Å². The fourth-order valence-corrected chi connectivity index (χ4v) is 4.31. The molecule has 0 bridgehead atoms. The first-order valence-electron chi connectivity index (χ1n) is 11.7. The van der Waals surface area contributed by atoms with Gasteiger partial charge in [-0.2, -0.15) is 26.3 Å². The molecule has 0 radical (unpaired) electrons. The summed E-state index contributed by atoms with van der Waals surface area (Å²) in [5.74, 6) is -0.244. The van der Waals surface area contributed by atoms with Crippen LogP contribution < -0.4 is 4.90 Å². The summed E-state index contributed by atoms with van der Waals surface area (Å²) in [6.45, 7) is 4.46. The molecule has 0 spiro atoms. The van der Waals surface area contributed by atoms with E-state index in [0.29, 0.717) is 34.9 Å². The highest BCUT2D eigenvalue weighted by Crippen LogP contribution is 2.41. The van der Waals surface area contributed by atoms with Crippen molar-refractivity contribution in [3.8, 4) is 22.6 Å². The summed E-state index contributed by atoms with van der Waals surface area (Å²) in [6, 6.07) is 10.3. The lowest BCUT2D eigenvalue weighted by Gasteiger charge is -2.32. The van der Waals surface area contributed by atoms with Crippen molar-refractivity contribution in [3.05, 3.63) is 89.4 Å². The molecule has 0 fully saturated rings. The van der Waals surface area contributed by atoms with Gasteiger partial charge in [-0.05, 0) is 61.7 Å². The average molecular weight is 547 g/mol. The van der Waals surface area contributed by atoms with E-state index < -0.39 is 40.4 Å². The van der Waals surface area contributed by atoms with Crippen LogP contribution in [-0.2, 0) is 22.6 Å². The quantitative estimate of drug-likeness (QED) is 0.265. The van der Waals surface area contributed by atoms with Crippen LogP contribution in [0.15, 0.2) is 67.1 Å². The van der Waals surface area contributed by atoms with Crippen LogP contribution in [0.4, 0.5) is 32.0 Å². The minimum absolute atomic E-state index is 0.0430. The normalized spacial score (nSPS) is 12.5. The molecule has 2 aromatic carbocycles. The van der Waals surface area contributed by atoms with E-state index >= 15 is 0 Å². The van der Waals surface area contributed by atoms with Gasteiger partial charge in [0.2, 0.25) is 5.91 Å². The first-order chi connectivity index (χ1) is 18.1. The number of carbonyl (C=O) groups is 1. The molecule has 4 aromatic rings. The summed E-state index contributed by atoms with van der Waals surface area (Å²) < 4.78 is 81.0. The number of H-pyrrole nitrogens is 1. The van der Waals surface area contributed by atoms with Gasteiger partial charge in [-0.3, -0.25) is 9.78 Å². The first kappa shape index (κ1) is 27.9. The van der Waals surface area contributed by atoms with E-state index in [1.54, 1.807) is 18.5 Å². The van der Waals surface area contributed by atoms with E-state index in [4.69, 9.17) is 0 Å². The summed E-state index contributed by atoms with van der Waals surface area (Å²) in [5.41, 5.74) is -2.13. The minimum atomic E-state index is -5.04. The number of likely N-dealkylation sites (N-methyl/N-ethyl adjacent to an activating group) is 1. The number of aromatic amines is 1. The van der Waals surface area contributed by atoms with Gasteiger partial charge in [0, 0.05) is 25.0 Å². The number of nitrogens with one attached hydrogen (secondary N) is 1. The van der Waals surface area contributed by atoms with Gasteiger partial charge in [0.25, 0.3) is 0 Å². The molecule has 204 valence electrons. The minimum Gasteiger partial charge on any atom is -0.343 e. The lowest BCUT2D eigenvalue weighted by Crippen LogP contribution is -2.42. The summed E-state index contributed by atoms with van der Waals surface area (Å²) in [4.78, 5) is 26.6. The van der Waals surface area contributed by atoms with Crippen LogP contribution in [0.1, 0.15) is 36.1 Å². The Balaban J connectivity index is 1.84. The van der Waals surface area contributed by atoms with E-state index in [9.17, 15) is 31.1 Å². The Morgan fingerprint density at radius 2 is 1.44 bits per heavy atom. The molecule has 1 N–H and O–H groups in total. The smallest absolute Gasteiger partial charge is 0.343 e. The largest absolute Gasteiger partial charge is 0.416 e. The Morgan fingerprint density at radius 1 is 0.846 bits per heavy atom. The molecule has 0 aliphatic carbocycles. The Hall–Kier alpha value is -4.15. The Kier molecular flexibility index (Phi) is 7.05. The molecule has 0 saturated heterocycles. The molecule has 0 unspecified atom stereocenters. The fourth-order valence-electron chi connectivity index (χ4n) is 4.31. The van der Waals surface area contributed by atoms with E-state index in [2.05, 4.69) is 15.0 Å². The number of alkyl halides is 6. The second-order valence-electron chi connectivity index (χ2n) is 9.62. The van der Waals surface area contributed by atoms with Gasteiger partial charge in [0.15, 0.2) is 5.82 Å². The number of hydrogen-bond donors (Lipinski definition) is 1. The lowest BCUT2D eigenvalue weighted by atomic mass is 9.81. The van der Waals surface area contributed by atoms with Crippen LogP contribution in [0.2, 0.25) is 0 Å². The number of rotatable bonds is 5. The standard InChI is InChI=1S/C28H24F6N4O/c1-16-7-5-6-8-20(16)21-14-22(24-35-9-10-36-24)37-15-23(21)38(4)25(39)26(2,3)17-11-18(27(29,30)31)13-19(12-17)28(32,33)34/h5-15H,1-4H3,(H,35,36). The number of nitrogens with zero attached hydrogens (tertiary/aromatic N) is 3. The number of imidazole rings is 1. The molecule has 0 aliphatic heterocycles. The molecule has 0 saturated carbocycles. The summed E-state index contributed by atoms with van der Waals surface area (Å²) in [7, 11) is 1.41. The summed E-state index contributed by atoms with van der Waals surface area (Å²) in [5, 5.41) is 0. The van der Waals surface area contributed by atoms with Crippen LogP contribution in [-0.4, -0.2) is 27.9 Å². The van der Waals surface area contributed by atoms with Crippen LogP contribution in [0.3, 0.4) is 0 Å². The first-order valence-corrected chi connectivity index (χ1v) is 11.7. The van der Waals surface area contributed by atoms with Gasteiger partial charge in [-0.15, -0.1) is 0 Å². The second-order valence-corrected chi connectivity index (χ2v) is 9.62. The van der Waals surface area contributed by atoms with Gasteiger partial charge >= 0.3 is 12.4 Å². The van der Waals surface area contributed by atoms with Crippen molar-refractivity contribution in [2.75, 3.05) is 11.9 Å². The number of aryl methyl sites for hydroxylation is 1. The predicted molar refractivity (Wildman–Crippen MR) is 135 cm³/mol. The highest BCUT2D eigenvalue weighted by atomic mass is 19.4.